The maximum Gasteiger partial charge on any atom is 0.304 e. The molecular formula is C11H15FN2O2. The summed E-state index contributed by atoms with van der Waals surface area (Å²) in [5.41, 5.74) is 0.743. The molecule has 1 aromatic heterocycles. The molecule has 0 bridgehead atoms. The molecule has 0 aliphatic rings. The number of hydrogen-bond donors (Lipinski definition) is 1. The summed E-state index contributed by atoms with van der Waals surface area (Å²) in [5, 5.41) is 8.56. The number of hydrogen-bond acceptors (Lipinski definition) is 3. The molecule has 1 rings (SSSR count). The quantitative estimate of drug-likeness (QED) is 0.830. The van der Waals surface area contributed by atoms with Crippen molar-refractivity contribution in [2.45, 2.75) is 19.4 Å². The predicted octanol–water partition coefficient (Wildman–Crippen LogP) is 1.69. The lowest BCUT2D eigenvalue weighted by atomic mass is 10.1. The fourth-order valence-corrected chi connectivity index (χ4v) is 1.38. The van der Waals surface area contributed by atoms with Gasteiger partial charge in [-0.2, -0.15) is 0 Å². The standard InChI is InChI=1S/C11H15FN2O2/c1-8(14(2)4-3-11(15)16)9-5-10(12)7-13-6-9/h5-8H,3-4H2,1-2H3,(H,15,16). The molecule has 0 radical (unpaired) electrons. The number of rotatable bonds is 5. The van der Waals surface area contributed by atoms with Gasteiger partial charge < -0.3 is 5.11 Å². The minimum atomic E-state index is -0.837. The molecule has 0 fully saturated rings. The molecule has 1 unspecified atom stereocenters. The maximum absolute atomic E-state index is 12.9. The van der Waals surface area contributed by atoms with Crippen LogP contribution in [0.3, 0.4) is 0 Å². The van der Waals surface area contributed by atoms with Crippen LogP contribution < -0.4 is 0 Å². The lowest BCUT2D eigenvalue weighted by Gasteiger charge is -2.23. The van der Waals surface area contributed by atoms with Crippen molar-refractivity contribution in [3.63, 3.8) is 0 Å². The van der Waals surface area contributed by atoms with Crippen LogP contribution in [0.25, 0.3) is 0 Å². The van der Waals surface area contributed by atoms with Gasteiger partial charge in [0, 0.05) is 18.8 Å². The summed E-state index contributed by atoms with van der Waals surface area (Å²) < 4.78 is 12.9. The van der Waals surface area contributed by atoms with E-state index in [9.17, 15) is 9.18 Å². The molecule has 0 aliphatic carbocycles. The van der Waals surface area contributed by atoms with E-state index >= 15 is 0 Å². The van der Waals surface area contributed by atoms with Gasteiger partial charge in [0.25, 0.3) is 0 Å². The Morgan fingerprint density at radius 1 is 1.62 bits per heavy atom. The van der Waals surface area contributed by atoms with Crippen LogP contribution in [0.2, 0.25) is 0 Å². The van der Waals surface area contributed by atoms with Gasteiger partial charge in [0.05, 0.1) is 12.6 Å². The normalized spacial score (nSPS) is 12.8. The van der Waals surface area contributed by atoms with Gasteiger partial charge in [-0.25, -0.2) is 4.39 Å². The predicted molar refractivity (Wildman–Crippen MR) is 57.5 cm³/mol. The van der Waals surface area contributed by atoms with Gasteiger partial charge in [-0.3, -0.25) is 14.7 Å². The minimum absolute atomic E-state index is 0.0532. The van der Waals surface area contributed by atoms with E-state index in [-0.39, 0.29) is 18.3 Å². The Labute approximate surface area is 93.7 Å². The van der Waals surface area contributed by atoms with Crippen molar-refractivity contribution in [2.24, 2.45) is 0 Å². The number of carboxylic acid groups (broad SMARTS) is 1. The van der Waals surface area contributed by atoms with E-state index in [1.807, 2.05) is 11.8 Å². The number of carboxylic acids is 1. The van der Waals surface area contributed by atoms with Gasteiger partial charge in [-0.1, -0.05) is 0 Å². The molecule has 0 saturated carbocycles. The highest BCUT2D eigenvalue weighted by Gasteiger charge is 2.13. The monoisotopic (exact) mass is 226 g/mol. The second-order valence-electron chi connectivity index (χ2n) is 3.74. The van der Waals surface area contributed by atoms with Crippen LogP contribution in [0.4, 0.5) is 4.39 Å². The Hall–Kier alpha value is -1.49. The number of aliphatic carboxylic acids is 1. The van der Waals surface area contributed by atoms with Crippen molar-refractivity contribution in [3.8, 4) is 0 Å². The van der Waals surface area contributed by atoms with Crippen molar-refractivity contribution in [1.82, 2.24) is 9.88 Å². The molecule has 0 saturated heterocycles. The Morgan fingerprint density at radius 3 is 2.88 bits per heavy atom. The Bertz CT molecular complexity index is 371. The van der Waals surface area contributed by atoms with Crippen LogP contribution >= 0.6 is 0 Å². The molecule has 0 amide bonds. The van der Waals surface area contributed by atoms with Crippen LogP contribution in [-0.4, -0.2) is 34.6 Å². The molecule has 0 spiro atoms. The minimum Gasteiger partial charge on any atom is -0.481 e. The van der Waals surface area contributed by atoms with Gasteiger partial charge >= 0.3 is 5.97 Å². The van der Waals surface area contributed by atoms with Crippen molar-refractivity contribution >= 4 is 5.97 Å². The van der Waals surface area contributed by atoms with E-state index in [2.05, 4.69) is 4.98 Å². The summed E-state index contributed by atoms with van der Waals surface area (Å²) in [6.45, 7) is 2.31. The van der Waals surface area contributed by atoms with Crippen LogP contribution in [0.15, 0.2) is 18.5 Å². The van der Waals surface area contributed by atoms with E-state index in [1.165, 1.54) is 6.07 Å². The summed E-state index contributed by atoms with van der Waals surface area (Å²) in [6.07, 6.45) is 2.81. The molecule has 1 heterocycles. The number of halogens is 1. The SMILES string of the molecule is CC(c1cncc(F)c1)N(C)CCC(=O)O. The first kappa shape index (κ1) is 12.6. The lowest BCUT2D eigenvalue weighted by Crippen LogP contribution is -2.25. The summed E-state index contributed by atoms with van der Waals surface area (Å²) >= 11 is 0. The highest BCUT2D eigenvalue weighted by molar-refractivity contribution is 5.66. The molecule has 0 aromatic carbocycles. The largest absolute Gasteiger partial charge is 0.481 e. The van der Waals surface area contributed by atoms with E-state index < -0.39 is 5.97 Å². The Balaban J connectivity index is 2.62. The van der Waals surface area contributed by atoms with Crippen LogP contribution in [0, 0.1) is 5.82 Å². The van der Waals surface area contributed by atoms with Crippen molar-refractivity contribution < 1.29 is 14.3 Å². The third kappa shape index (κ3) is 3.58. The summed E-state index contributed by atoms with van der Waals surface area (Å²) in [5.74, 6) is -1.22. The fraction of sp³-hybridized carbons (Fsp3) is 0.455. The molecule has 1 atom stereocenters. The first-order valence-corrected chi connectivity index (χ1v) is 5.03. The van der Waals surface area contributed by atoms with E-state index in [1.54, 1.807) is 13.2 Å². The number of carbonyl (C=O) groups is 1. The Morgan fingerprint density at radius 2 is 2.31 bits per heavy atom. The van der Waals surface area contributed by atoms with E-state index in [0.717, 1.165) is 11.8 Å². The van der Waals surface area contributed by atoms with Gasteiger partial charge in [0.2, 0.25) is 0 Å². The lowest BCUT2D eigenvalue weighted by molar-refractivity contribution is -0.137. The third-order valence-corrected chi connectivity index (χ3v) is 2.55. The van der Waals surface area contributed by atoms with Crippen LogP contribution in [-0.2, 0) is 4.79 Å². The van der Waals surface area contributed by atoms with Crippen molar-refractivity contribution in [1.29, 1.82) is 0 Å². The molecule has 4 nitrogen and oxygen atoms in total. The van der Waals surface area contributed by atoms with Crippen LogP contribution in [0.1, 0.15) is 24.9 Å². The zero-order chi connectivity index (χ0) is 12.1. The smallest absolute Gasteiger partial charge is 0.304 e. The van der Waals surface area contributed by atoms with Crippen molar-refractivity contribution in [2.75, 3.05) is 13.6 Å². The maximum atomic E-state index is 12.9. The Kier molecular flexibility index (Phi) is 4.37. The molecule has 88 valence electrons. The van der Waals surface area contributed by atoms with Gasteiger partial charge in [0.1, 0.15) is 5.82 Å². The molecule has 1 aromatic rings. The number of pyridine rings is 1. The zero-order valence-corrected chi connectivity index (χ0v) is 9.35. The molecule has 0 aliphatic heterocycles. The number of aromatic nitrogens is 1. The molecule has 16 heavy (non-hydrogen) atoms. The van der Waals surface area contributed by atoms with E-state index in [0.29, 0.717) is 6.54 Å². The second kappa shape index (κ2) is 5.55. The highest BCUT2D eigenvalue weighted by atomic mass is 19.1. The zero-order valence-electron chi connectivity index (χ0n) is 9.35. The first-order chi connectivity index (χ1) is 7.50. The highest BCUT2D eigenvalue weighted by Crippen LogP contribution is 2.18. The summed E-state index contributed by atoms with van der Waals surface area (Å²) in [6, 6.07) is 1.36. The van der Waals surface area contributed by atoms with Gasteiger partial charge in [-0.05, 0) is 25.6 Å². The summed E-state index contributed by atoms with van der Waals surface area (Å²) in [4.78, 5) is 16.0. The van der Waals surface area contributed by atoms with Gasteiger partial charge in [0.15, 0.2) is 0 Å². The molecule has 1 N–H and O–H groups in total. The van der Waals surface area contributed by atoms with Crippen molar-refractivity contribution in [3.05, 3.63) is 29.8 Å². The van der Waals surface area contributed by atoms with Crippen LogP contribution in [0.5, 0.6) is 0 Å². The molecule has 5 heteroatoms. The number of nitrogens with zero attached hydrogens (tertiary/aromatic N) is 2. The average Bonchev–Trinajstić information content (AvgIpc) is 2.24. The fourth-order valence-electron chi connectivity index (χ4n) is 1.38. The second-order valence-corrected chi connectivity index (χ2v) is 3.74. The first-order valence-electron chi connectivity index (χ1n) is 5.03. The van der Waals surface area contributed by atoms with E-state index in [4.69, 9.17) is 5.11 Å². The topological polar surface area (TPSA) is 53.4 Å². The molecular weight excluding hydrogens is 211 g/mol. The summed E-state index contributed by atoms with van der Waals surface area (Å²) in [7, 11) is 1.80. The average molecular weight is 226 g/mol. The van der Waals surface area contributed by atoms with Gasteiger partial charge in [-0.15, -0.1) is 0 Å². The third-order valence-electron chi connectivity index (χ3n) is 2.55.